The Balaban J connectivity index is 1.43. The molecule has 0 radical (unpaired) electrons. The lowest BCUT2D eigenvalue weighted by atomic mass is 10.3. The minimum atomic E-state index is 0.505. The minimum absolute atomic E-state index is 0.505. The lowest BCUT2D eigenvalue weighted by Gasteiger charge is -2.09. The summed E-state index contributed by atoms with van der Waals surface area (Å²) >= 11 is 6.03. The summed E-state index contributed by atoms with van der Waals surface area (Å²) in [5, 5.41) is 3.79. The molecular weight excluding hydrogens is 286 g/mol. The fourth-order valence-electron chi connectivity index (χ4n) is 2.05. The summed E-state index contributed by atoms with van der Waals surface area (Å²) in [6, 6.07) is 11.6. The van der Waals surface area contributed by atoms with Crippen molar-refractivity contribution >= 4 is 17.4 Å². The quantitative estimate of drug-likeness (QED) is 0.623. The van der Waals surface area contributed by atoms with Gasteiger partial charge in [0.2, 0.25) is 0 Å². The number of anilines is 1. The van der Waals surface area contributed by atoms with Crippen LogP contribution < -0.4 is 10.1 Å². The van der Waals surface area contributed by atoms with E-state index in [4.69, 9.17) is 16.3 Å². The second kappa shape index (κ2) is 6.76. The maximum absolute atomic E-state index is 6.03. The zero-order valence-electron chi connectivity index (χ0n) is 11.8. The molecule has 1 heterocycles. The van der Waals surface area contributed by atoms with E-state index >= 15 is 0 Å². The molecule has 5 heteroatoms. The van der Waals surface area contributed by atoms with Crippen LogP contribution in [0.1, 0.15) is 31.0 Å². The van der Waals surface area contributed by atoms with E-state index in [-0.39, 0.29) is 0 Å². The van der Waals surface area contributed by atoms with Gasteiger partial charge in [0.15, 0.2) is 0 Å². The van der Waals surface area contributed by atoms with Gasteiger partial charge in [-0.2, -0.15) is 0 Å². The number of benzene rings is 1. The first-order valence-electron chi connectivity index (χ1n) is 7.27. The average molecular weight is 304 g/mol. The average Bonchev–Trinajstić information content (AvgIpc) is 3.32. The Labute approximate surface area is 129 Å². The Kier molecular flexibility index (Phi) is 4.55. The summed E-state index contributed by atoms with van der Waals surface area (Å²) in [5.74, 6) is 3.08. The lowest BCUT2D eigenvalue weighted by Crippen LogP contribution is -2.09. The van der Waals surface area contributed by atoms with Gasteiger partial charge < -0.3 is 10.1 Å². The van der Waals surface area contributed by atoms with Crippen molar-refractivity contribution in [1.29, 1.82) is 0 Å². The standard InChI is InChI=1S/C16H18ClN3O/c17-14-11-15(20-16(19-14)12-7-8-12)18-9-4-10-21-13-5-2-1-3-6-13/h1-3,5-6,11-12H,4,7-10H2,(H,18,19,20). The number of para-hydroxylation sites is 1. The summed E-state index contributed by atoms with van der Waals surface area (Å²) in [5.41, 5.74) is 0. The third kappa shape index (κ3) is 4.33. The molecule has 4 nitrogen and oxygen atoms in total. The largest absolute Gasteiger partial charge is 0.494 e. The van der Waals surface area contributed by atoms with Crippen molar-refractivity contribution in [2.45, 2.75) is 25.2 Å². The first-order chi connectivity index (χ1) is 10.3. The number of hydrogen-bond acceptors (Lipinski definition) is 4. The van der Waals surface area contributed by atoms with Crippen LogP contribution in [-0.2, 0) is 0 Å². The van der Waals surface area contributed by atoms with E-state index in [1.807, 2.05) is 30.3 Å². The van der Waals surface area contributed by atoms with Gasteiger partial charge in [-0.3, -0.25) is 0 Å². The Hall–Kier alpha value is -1.81. The molecule has 1 aromatic carbocycles. The van der Waals surface area contributed by atoms with Crippen molar-refractivity contribution in [2.24, 2.45) is 0 Å². The molecular formula is C16H18ClN3O. The molecule has 0 atom stereocenters. The van der Waals surface area contributed by atoms with E-state index in [0.717, 1.165) is 30.4 Å². The molecule has 0 amide bonds. The van der Waals surface area contributed by atoms with E-state index in [1.54, 1.807) is 6.07 Å². The van der Waals surface area contributed by atoms with Gasteiger partial charge in [-0.1, -0.05) is 29.8 Å². The fourth-order valence-corrected chi connectivity index (χ4v) is 2.24. The normalized spacial score (nSPS) is 14.0. The molecule has 0 bridgehead atoms. The molecule has 1 saturated carbocycles. The molecule has 110 valence electrons. The van der Waals surface area contributed by atoms with Crippen LogP contribution >= 0.6 is 11.6 Å². The van der Waals surface area contributed by atoms with E-state index in [1.165, 1.54) is 12.8 Å². The Morgan fingerprint density at radius 3 is 2.76 bits per heavy atom. The molecule has 1 fully saturated rings. The smallest absolute Gasteiger partial charge is 0.135 e. The number of nitrogens with zero attached hydrogens (tertiary/aromatic N) is 2. The minimum Gasteiger partial charge on any atom is -0.494 e. The van der Waals surface area contributed by atoms with Crippen molar-refractivity contribution in [2.75, 3.05) is 18.5 Å². The van der Waals surface area contributed by atoms with Crippen LogP contribution in [0, 0.1) is 0 Å². The van der Waals surface area contributed by atoms with E-state index in [9.17, 15) is 0 Å². The molecule has 0 saturated heterocycles. The number of nitrogens with one attached hydrogen (secondary N) is 1. The highest BCUT2D eigenvalue weighted by Crippen LogP contribution is 2.38. The van der Waals surface area contributed by atoms with Crippen molar-refractivity contribution in [1.82, 2.24) is 9.97 Å². The SMILES string of the molecule is Clc1cc(NCCCOc2ccccc2)nc(C2CC2)n1. The molecule has 1 aliphatic rings. The zero-order chi connectivity index (χ0) is 14.5. The van der Waals surface area contributed by atoms with E-state index in [2.05, 4.69) is 15.3 Å². The van der Waals surface area contributed by atoms with Crippen LogP contribution in [0.25, 0.3) is 0 Å². The monoisotopic (exact) mass is 303 g/mol. The Morgan fingerprint density at radius 1 is 1.19 bits per heavy atom. The second-order valence-corrected chi connectivity index (χ2v) is 5.54. The number of halogens is 1. The van der Waals surface area contributed by atoms with Gasteiger partial charge >= 0.3 is 0 Å². The number of aromatic nitrogens is 2. The van der Waals surface area contributed by atoms with Crippen molar-refractivity contribution < 1.29 is 4.74 Å². The molecule has 1 aromatic heterocycles. The second-order valence-electron chi connectivity index (χ2n) is 5.15. The van der Waals surface area contributed by atoms with Gasteiger partial charge in [-0.25, -0.2) is 9.97 Å². The topological polar surface area (TPSA) is 47.0 Å². The highest BCUT2D eigenvalue weighted by atomic mass is 35.5. The van der Waals surface area contributed by atoms with Crippen LogP contribution in [0.4, 0.5) is 5.82 Å². The first-order valence-corrected chi connectivity index (χ1v) is 7.65. The number of ether oxygens (including phenoxy) is 1. The zero-order valence-corrected chi connectivity index (χ0v) is 12.5. The highest BCUT2D eigenvalue weighted by molar-refractivity contribution is 6.29. The fraction of sp³-hybridized carbons (Fsp3) is 0.375. The van der Waals surface area contributed by atoms with Crippen LogP contribution in [0.3, 0.4) is 0 Å². The maximum Gasteiger partial charge on any atom is 0.135 e. The number of rotatable bonds is 7. The Bertz CT molecular complexity index is 587. The summed E-state index contributed by atoms with van der Waals surface area (Å²) in [6.45, 7) is 1.47. The van der Waals surface area contributed by atoms with Gasteiger partial charge in [-0.15, -0.1) is 0 Å². The molecule has 0 spiro atoms. The van der Waals surface area contributed by atoms with Gasteiger partial charge in [0.05, 0.1) is 6.61 Å². The summed E-state index contributed by atoms with van der Waals surface area (Å²) < 4.78 is 5.64. The van der Waals surface area contributed by atoms with Crippen molar-refractivity contribution in [3.63, 3.8) is 0 Å². The molecule has 0 aliphatic heterocycles. The molecule has 0 unspecified atom stereocenters. The highest BCUT2D eigenvalue weighted by Gasteiger charge is 2.27. The summed E-state index contributed by atoms with van der Waals surface area (Å²) in [4.78, 5) is 8.77. The van der Waals surface area contributed by atoms with E-state index in [0.29, 0.717) is 17.7 Å². The maximum atomic E-state index is 6.03. The lowest BCUT2D eigenvalue weighted by molar-refractivity contribution is 0.315. The number of hydrogen-bond donors (Lipinski definition) is 1. The molecule has 21 heavy (non-hydrogen) atoms. The van der Waals surface area contributed by atoms with Crippen LogP contribution in [0.15, 0.2) is 36.4 Å². The molecule has 1 N–H and O–H groups in total. The molecule has 1 aliphatic carbocycles. The third-order valence-corrected chi connectivity index (χ3v) is 3.49. The predicted molar refractivity (Wildman–Crippen MR) is 84.1 cm³/mol. The Morgan fingerprint density at radius 2 is 2.00 bits per heavy atom. The summed E-state index contributed by atoms with van der Waals surface area (Å²) in [6.07, 6.45) is 3.24. The third-order valence-electron chi connectivity index (χ3n) is 3.29. The molecule has 3 rings (SSSR count). The van der Waals surface area contributed by atoms with Crippen molar-refractivity contribution in [3.8, 4) is 5.75 Å². The van der Waals surface area contributed by atoms with Crippen LogP contribution in [0.5, 0.6) is 5.75 Å². The predicted octanol–water partition coefficient (Wildman–Crippen LogP) is 3.89. The van der Waals surface area contributed by atoms with Crippen LogP contribution in [0.2, 0.25) is 5.15 Å². The van der Waals surface area contributed by atoms with Gasteiger partial charge in [0, 0.05) is 18.5 Å². The first kappa shape index (κ1) is 14.1. The van der Waals surface area contributed by atoms with Crippen molar-refractivity contribution in [3.05, 3.63) is 47.4 Å². The summed E-state index contributed by atoms with van der Waals surface area (Å²) in [7, 11) is 0. The van der Waals surface area contributed by atoms with E-state index < -0.39 is 0 Å². The molecule has 2 aromatic rings. The van der Waals surface area contributed by atoms with Gasteiger partial charge in [0.25, 0.3) is 0 Å². The van der Waals surface area contributed by atoms with Crippen LogP contribution in [-0.4, -0.2) is 23.1 Å². The van der Waals surface area contributed by atoms with Gasteiger partial charge in [0.1, 0.15) is 22.5 Å². The van der Waals surface area contributed by atoms with Gasteiger partial charge in [-0.05, 0) is 31.4 Å².